The van der Waals surface area contributed by atoms with Crippen LogP contribution in [0.4, 0.5) is 0 Å². The lowest BCUT2D eigenvalue weighted by Gasteiger charge is -2.27. The van der Waals surface area contributed by atoms with Gasteiger partial charge in [-0.1, -0.05) is 60.7 Å². The summed E-state index contributed by atoms with van der Waals surface area (Å²) in [5.74, 6) is 0.0450. The van der Waals surface area contributed by atoms with Crippen LogP contribution in [0.2, 0.25) is 0 Å². The van der Waals surface area contributed by atoms with Gasteiger partial charge < -0.3 is 5.11 Å². The van der Waals surface area contributed by atoms with Crippen molar-refractivity contribution in [3.63, 3.8) is 0 Å². The van der Waals surface area contributed by atoms with Crippen LogP contribution < -0.4 is 0 Å². The van der Waals surface area contributed by atoms with Crippen LogP contribution in [0.3, 0.4) is 0 Å². The molecule has 0 unspecified atom stereocenters. The van der Waals surface area contributed by atoms with E-state index in [-0.39, 0.29) is 12.2 Å². The second-order valence-electron chi connectivity index (χ2n) is 6.07. The number of aryl methyl sites for hydroxylation is 2. The summed E-state index contributed by atoms with van der Waals surface area (Å²) >= 11 is 0. The van der Waals surface area contributed by atoms with Gasteiger partial charge >= 0.3 is 0 Å². The predicted octanol–water partition coefficient (Wildman–Crippen LogP) is 3.96. The van der Waals surface area contributed by atoms with Gasteiger partial charge in [0.1, 0.15) is 5.78 Å². The predicted molar refractivity (Wildman–Crippen MR) is 89.8 cm³/mol. The Balaban J connectivity index is 1.98. The molecule has 2 rings (SSSR count). The molecular weight excluding hydrogens is 272 g/mol. The zero-order chi connectivity index (χ0) is 15.8. The molecule has 116 valence electrons. The molecule has 0 aliphatic heterocycles. The van der Waals surface area contributed by atoms with Crippen LogP contribution >= 0.6 is 0 Å². The third-order valence-electron chi connectivity index (χ3n) is 4.02. The van der Waals surface area contributed by atoms with Gasteiger partial charge in [-0.05, 0) is 43.7 Å². The summed E-state index contributed by atoms with van der Waals surface area (Å²) in [7, 11) is 0. The summed E-state index contributed by atoms with van der Waals surface area (Å²) in [6.45, 7) is 1.55. The lowest BCUT2D eigenvalue weighted by atomic mass is 9.85. The van der Waals surface area contributed by atoms with Crippen LogP contribution in [0, 0.1) is 0 Å². The zero-order valence-electron chi connectivity index (χ0n) is 13.2. The highest BCUT2D eigenvalue weighted by molar-refractivity contribution is 5.76. The first-order valence-corrected chi connectivity index (χ1v) is 7.87. The molecule has 0 fully saturated rings. The minimum absolute atomic E-state index is 0.0450. The highest BCUT2D eigenvalue weighted by Gasteiger charge is 2.28. The van der Waals surface area contributed by atoms with Gasteiger partial charge in [0.05, 0.1) is 5.60 Å². The van der Waals surface area contributed by atoms with E-state index in [1.807, 2.05) is 36.4 Å². The molecule has 1 N–H and O–H groups in total. The summed E-state index contributed by atoms with van der Waals surface area (Å²) in [6, 6.07) is 20.2. The molecule has 0 amide bonds. The molecule has 0 bridgehead atoms. The van der Waals surface area contributed by atoms with Crippen molar-refractivity contribution in [3.05, 3.63) is 71.8 Å². The molecule has 0 aliphatic rings. The van der Waals surface area contributed by atoms with E-state index in [1.54, 1.807) is 6.92 Å². The smallest absolute Gasteiger partial charge is 0.132 e. The quantitative estimate of drug-likeness (QED) is 0.800. The highest BCUT2D eigenvalue weighted by atomic mass is 16.3. The molecule has 0 aliphatic carbocycles. The van der Waals surface area contributed by atoms with Crippen molar-refractivity contribution in [2.45, 2.75) is 44.6 Å². The number of aliphatic hydroxyl groups is 1. The molecule has 0 heterocycles. The lowest BCUT2D eigenvalue weighted by Crippen LogP contribution is -2.32. The molecule has 2 aromatic carbocycles. The number of rotatable bonds is 8. The lowest BCUT2D eigenvalue weighted by molar-refractivity contribution is -0.122. The molecule has 22 heavy (non-hydrogen) atoms. The van der Waals surface area contributed by atoms with E-state index in [2.05, 4.69) is 24.3 Å². The van der Waals surface area contributed by atoms with Gasteiger partial charge in [0.25, 0.3) is 0 Å². The average Bonchev–Trinajstić information content (AvgIpc) is 2.53. The second kappa shape index (κ2) is 7.90. The Morgan fingerprint density at radius 3 is 1.64 bits per heavy atom. The fourth-order valence-electron chi connectivity index (χ4n) is 2.81. The third-order valence-corrected chi connectivity index (χ3v) is 4.02. The summed E-state index contributed by atoms with van der Waals surface area (Å²) in [4.78, 5) is 11.5. The van der Waals surface area contributed by atoms with Crippen LogP contribution in [-0.4, -0.2) is 16.5 Å². The molecular formula is C20H24O2. The van der Waals surface area contributed by atoms with Crippen LogP contribution in [0.1, 0.15) is 37.3 Å². The van der Waals surface area contributed by atoms with Crippen molar-refractivity contribution < 1.29 is 9.90 Å². The maximum Gasteiger partial charge on any atom is 0.132 e. The van der Waals surface area contributed by atoms with Crippen molar-refractivity contribution in [2.24, 2.45) is 0 Å². The first kappa shape index (κ1) is 16.4. The maximum absolute atomic E-state index is 11.5. The van der Waals surface area contributed by atoms with Crippen molar-refractivity contribution in [2.75, 3.05) is 0 Å². The van der Waals surface area contributed by atoms with Crippen LogP contribution in [0.15, 0.2) is 60.7 Å². The standard InChI is InChI=1S/C20H24O2/c1-17(21)16-20(22,14-12-18-8-4-2-5-9-18)15-13-19-10-6-3-7-11-19/h2-11,22H,12-16H2,1H3. The number of hydrogen-bond donors (Lipinski definition) is 1. The third kappa shape index (κ3) is 5.45. The minimum atomic E-state index is -0.919. The maximum atomic E-state index is 11.5. The minimum Gasteiger partial charge on any atom is -0.389 e. The molecule has 2 nitrogen and oxygen atoms in total. The van der Waals surface area contributed by atoms with Crippen LogP contribution in [-0.2, 0) is 17.6 Å². The van der Waals surface area contributed by atoms with E-state index in [1.165, 1.54) is 11.1 Å². The number of benzene rings is 2. The molecule has 0 atom stereocenters. The Morgan fingerprint density at radius 1 is 0.864 bits per heavy atom. The highest BCUT2D eigenvalue weighted by Crippen LogP contribution is 2.25. The van der Waals surface area contributed by atoms with E-state index in [0.717, 1.165) is 12.8 Å². The molecule has 2 aromatic rings. The van der Waals surface area contributed by atoms with Crippen molar-refractivity contribution in [1.29, 1.82) is 0 Å². The van der Waals surface area contributed by atoms with Crippen molar-refractivity contribution in [1.82, 2.24) is 0 Å². The van der Waals surface area contributed by atoms with Gasteiger partial charge in [0, 0.05) is 6.42 Å². The molecule has 0 radical (unpaired) electrons. The van der Waals surface area contributed by atoms with E-state index >= 15 is 0 Å². The number of carbonyl (C=O) groups excluding carboxylic acids is 1. The number of hydrogen-bond acceptors (Lipinski definition) is 2. The van der Waals surface area contributed by atoms with E-state index in [4.69, 9.17) is 0 Å². The van der Waals surface area contributed by atoms with Gasteiger partial charge in [-0.25, -0.2) is 0 Å². The van der Waals surface area contributed by atoms with Crippen molar-refractivity contribution in [3.8, 4) is 0 Å². The Bertz CT molecular complexity index is 532. The molecule has 0 aromatic heterocycles. The molecule has 2 heteroatoms. The fourth-order valence-corrected chi connectivity index (χ4v) is 2.81. The Kier molecular flexibility index (Phi) is 5.91. The summed E-state index contributed by atoms with van der Waals surface area (Å²) in [6.07, 6.45) is 3.04. The largest absolute Gasteiger partial charge is 0.389 e. The monoisotopic (exact) mass is 296 g/mol. The van der Waals surface area contributed by atoms with Crippen molar-refractivity contribution >= 4 is 5.78 Å². The number of ketones is 1. The SMILES string of the molecule is CC(=O)CC(O)(CCc1ccccc1)CCc1ccccc1. The second-order valence-corrected chi connectivity index (χ2v) is 6.07. The molecule has 0 spiro atoms. The summed E-state index contributed by atoms with van der Waals surface area (Å²) < 4.78 is 0. The van der Waals surface area contributed by atoms with Gasteiger partial charge in [-0.15, -0.1) is 0 Å². The topological polar surface area (TPSA) is 37.3 Å². The first-order valence-electron chi connectivity index (χ1n) is 7.87. The number of carbonyl (C=O) groups is 1. The van der Waals surface area contributed by atoms with Gasteiger partial charge in [-0.2, -0.15) is 0 Å². The van der Waals surface area contributed by atoms with Gasteiger partial charge in [0.2, 0.25) is 0 Å². The summed E-state index contributed by atoms with van der Waals surface area (Å²) in [5.41, 5.74) is 1.48. The Morgan fingerprint density at radius 2 is 1.27 bits per heavy atom. The normalized spacial score (nSPS) is 11.4. The van der Waals surface area contributed by atoms with Gasteiger partial charge in [0.15, 0.2) is 0 Å². The van der Waals surface area contributed by atoms with Crippen LogP contribution in [0.25, 0.3) is 0 Å². The fraction of sp³-hybridized carbons (Fsp3) is 0.350. The average molecular weight is 296 g/mol. The van der Waals surface area contributed by atoms with Crippen LogP contribution in [0.5, 0.6) is 0 Å². The van der Waals surface area contributed by atoms with E-state index in [0.29, 0.717) is 12.8 Å². The van der Waals surface area contributed by atoms with E-state index < -0.39 is 5.60 Å². The molecule has 0 saturated carbocycles. The van der Waals surface area contributed by atoms with Gasteiger partial charge in [-0.3, -0.25) is 4.79 Å². The summed E-state index contributed by atoms with van der Waals surface area (Å²) in [5, 5.41) is 10.9. The number of Topliss-reactive ketones (excluding diaryl/α,β-unsaturated/α-hetero) is 1. The first-order chi connectivity index (χ1) is 10.6. The zero-order valence-corrected chi connectivity index (χ0v) is 13.2. The van der Waals surface area contributed by atoms with E-state index in [9.17, 15) is 9.90 Å². The Labute approximate surface area is 132 Å². The Hall–Kier alpha value is -1.93. The molecule has 0 saturated heterocycles.